The molecule has 0 amide bonds. The van der Waals surface area contributed by atoms with E-state index in [0.29, 0.717) is 5.56 Å². The van der Waals surface area contributed by atoms with Crippen LogP contribution in [0.25, 0.3) is 0 Å². The minimum atomic E-state index is -0.944. The molecule has 0 aliphatic rings. The summed E-state index contributed by atoms with van der Waals surface area (Å²) in [5.74, 6) is -0.996. The minimum absolute atomic E-state index is 0.119. The molecule has 2 aromatic carbocycles. The van der Waals surface area contributed by atoms with Gasteiger partial charge < -0.3 is 4.74 Å². The summed E-state index contributed by atoms with van der Waals surface area (Å²) in [4.78, 5) is 34.4. The van der Waals surface area contributed by atoms with Gasteiger partial charge in [0.05, 0.1) is 10.5 Å². The molecule has 0 unspecified atom stereocenters. The van der Waals surface area contributed by atoms with E-state index < -0.39 is 17.0 Å². The minimum Gasteiger partial charge on any atom is -0.451 e. The SMILES string of the molecule is CCc1ccc(C(=O)[C@@H](C)OC(=O)c2ccc([N+](=O)[O-])cc2)cc1. The number of hydrogen-bond acceptors (Lipinski definition) is 5. The summed E-state index contributed by atoms with van der Waals surface area (Å²) in [6, 6.07) is 12.2. The van der Waals surface area contributed by atoms with Crippen molar-refractivity contribution in [1.29, 1.82) is 0 Å². The molecule has 0 saturated carbocycles. The van der Waals surface area contributed by atoms with E-state index >= 15 is 0 Å². The first-order valence-electron chi connectivity index (χ1n) is 7.51. The maximum Gasteiger partial charge on any atom is 0.338 e. The zero-order valence-electron chi connectivity index (χ0n) is 13.4. The molecule has 124 valence electrons. The third-order valence-electron chi connectivity index (χ3n) is 3.61. The summed E-state index contributed by atoms with van der Waals surface area (Å²) in [6.45, 7) is 3.52. The molecule has 0 saturated heterocycles. The first-order valence-corrected chi connectivity index (χ1v) is 7.51. The molecule has 0 heterocycles. The molecule has 6 heteroatoms. The highest BCUT2D eigenvalue weighted by atomic mass is 16.6. The van der Waals surface area contributed by atoms with E-state index in [9.17, 15) is 19.7 Å². The zero-order chi connectivity index (χ0) is 17.7. The van der Waals surface area contributed by atoms with E-state index in [-0.39, 0.29) is 17.0 Å². The molecule has 2 aromatic rings. The Labute approximate surface area is 139 Å². The second-order valence-electron chi connectivity index (χ2n) is 5.27. The van der Waals surface area contributed by atoms with E-state index in [1.165, 1.54) is 31.2 Å². The highest BCUT2D eigenvalue weighted by Crippen LogP contribution is 2.15. The number of ether oxygens (including phenoxy) is 1. The number of Topliss-reactive ketones (excluding diaryl/α,β-unsaturated/α-hetero) is 1. The molecule has 0 aliphatic heterocycles. The van der Waals surface area contributed by atoms with Crippen LogP contribution in [-0.2, 0) is 11.2 Å². The molecule has 1 atom stereocenters. The Bertz CT molecular complexity index is 750. The van der Waals surface area contributed by atoms with Crippen molar-refractivity contribution in [3.63, 3.8) is 0 Å². The summed E-state index contributed by atoms with van der Waals surface area (Å²) in [5, 5.41) is 10.6. The monoisotopic (exact) mass is 327 g/mol. The van der Waals surface area contributed by atoms with Crippen molar-refractivity contribution in [2.45, 2.75) is 26.4 Å². The Morgan fingerprint density at radius 3 is 2.08 bits per heavy atom. The molecule has 0 aromatic heterocycles. The number of ketones is 1. The molecule has 0 spiro atoms. The van der Waals surface area contributed by atoms with Crippen LogP contribution < -0.4 is 0 Å². The normalized spacial score (nSPS) is 11.6. The van der Waals surface area contributed by atoms with Gasteiger partial charge in [-0.2, -0.15) is 0 Å². The van der Waals surface area contributed by atoms with E-state index in [1.54, 1.807) is 12.1 Å². The summed E-state index contributed by atoms with van der Waals surface area (Å²) < 4.78 is 5.15. The van der Waals surface area contributed by atoms with Crippen LogP contribution in [0.1, 0.15) is 40.1 Å². The van der Waals surface area contributed by atoms with Crippen molar-refractivity contribution in [2.24, 2.45) is 0 Å². The van der Waals surface area contributed by atoms with Gasteiger partial charge in [-0.3, -0.25) is 14.9 Å². The highest BCUT2D eigenvalue weighted by Gasteiger charge is 2.20. The van der Waals surface area contributed by atoms with Crippen molar-refractivity contribution in [1.82, 2.24) is 0 Å². The van der Waals surface area contributed by atoms with Crippen LogP contribution in [0.2, 0.25) is 0 Å². The van der Waals surface area contributed by atoms with Gasteiger partial charge in [-0.15, -0.1) is 0 Å². The van der Waals surface area contributed by atoms with Crippen LogP contribution >= 0.6 is 0 Å². The average molecular weight is 327 g/mol. The topological polar surface area (TPSA) is 86.5 Å². The van der Waals surface area contributed by atoms with Crippen molar-refractivity contribution >= 4 is 17.4 Å². The number of benzene rings is 2. The zero-order valence-corrected chi connectivity index (χ0v) is 13.4. The third kappa shape index (κ3) is 4.04. The second kappa shape index (κ2) is 7.50. The smallest absolute Gasteiger partial charge is 0.338 e. The van der Waals surface area contributed by atoms with Gasteiger partial charge in [-0.25, -0.2) is 4.79 Å². The largest absolute Gasteiger partial charge is 0.451 e. The number of hydrogen-bond donors (Lipinski definition) is 0. The average Bonchev–Trinajstić information content (AvgIpc) is 2.61. The number of esters is 1. The van der Waals surface area contributed by atoms with Gasteiger partial charge in [0.1, 0.15) is 0 Å². The van der Waals surface area contributed by atoms with Gasteiger partial charge in [-0.1, -0.05) is 31.2 Å². The lowest BCUT2D eigenvalue weighted by Gasteiger charge is -2.12. The summed E-state index contributed by atoms with van der Waals surface area (Å²) >= 11 is 0. The van der Waals surface area contributed by atoms with Crippen molar-refractivity contribution in [3.8, 4) is 0 Å². The lowest BCUT2D eigenvalue weighted by Crippen LogP contribution is -2.24. The molecular formula is C18H17NO5. The number of aryl methyl sites for hydroxylation is 1. The molecule has 2 rings (SSSR count). The number of non-ortho nitro benzene ring substituents is 1. The van der Waals surface area contributed by atoms with E-state index in [4.69, 9.17) is 4.74 Å². The van der Waals surface area contributed by atoms with E-state index in [2.05, 4.69) is 0 Å². The first-order chi connectivity index (χ1) is 11.4. The number of nitro groups is 1. The number of nitro benzene ring substituents is 1. The second-order valence-corrected chi connectivity index (χ2v) is 5.27. The highest BCUT2D eigenvalue weighted by molar-refractivity contribution is 6.01. The van der Waals surface area contributed by atoms with Crippen molar-refractivity contribution < 1.29 is 19.2 Å². The van der Waals surface area contributed by atoms with Crippen molar-refractivity contribution in [3.05, 3.63) is 75.3 Å². The lowest BCUT2D eigenvalue weighted by molar-refractivity contribution is -0.384. The number of nitrogens with zero attached hydrogens (tertiary/aromatic N) is 1. The Kier molecular flexibility index (Phi) is 5.42. The quantitative estimate of drug-likeness (QED) is 0.350. The third-order valence-corrected chi connectivity index (χ3v) is 3.61. The Hall–Kier alpha value is -3.02. The van der Waals surface area contributed by atoms with Gasteiger partial charge in [0.15, 0.2) is 6.10 Å². The number of carbonyl (C=O) groups is 2. The molecule has 0 fully saturated rings. The standard InChI is InChI=1S/C18H17NO5/c1-3-13-4-6-14(7-5-13)17(20)12(2)24-18(21)15-8-10-16(11-9-15)19(22)23/h4-12H,3H2,1-2H3/t12-/m1/s1. The molecule has 0 N–H and O–H groups in total. The fraction of sp³-hybridized carbons (Fsp3) is 0.222. The predicted octanol–water partition coefficient (Wildman–Crippen LogP) is 3.59. The molecule has 0 bridgehead atoms. The number of rotatable bonds is 6. The van der Waals surface area contributed by atoms with Crippen molar-refractivity contribution in [2.75, 3.05) is 0 Å². The van der Waals surface area contributed by atoms with Gasteiger partial charge in [0.2, 0.25) is 5.78 Å². The summed E-state index contributed by atoms with van der Waals surface area (Å²) in [5.41, 5.74) is 1.62. The van der Waals surface area contributed by atoms with E-state index in [0.717, 1.165) is 12.0 Å². The predicted molar refractivity (Wildman–Crippen MR) is 88.1 cm³/mol. The van der Waals surface area contributed by atoms with Crippen LogP contribution in [0, 0.1) is 10.1 Å². The lowest BCUT2D eigenvalue weighted by atomic mass is 10.0. The van der Waals surface area contributed by atoms with E-state index in [1.807, 2.05) is 19.1 Å². The summed E-state index contributed by atoms with van der Waals surface area (Å²) in [7, 11) is 0. The molecule has 0 aliphatic carbocycles. The van der Waals surface area contributed by atoms with Gasteiger partial charge >= 0.3 is 5.97 Å². The fourth-order valence-corrected chi connectivity index (χ4v) is 2.14. The maximum atomic E-state index is 12.3. The number of carbonyl (C=O) groups excluding carboxylic acids is 2. The molecule has 0 radical (unpaired) electrons. The Morgan fingerprint density at radius 2 is 1.58 bits per heavy atom. The van der Waals surface area contributed by atoms with Crippen LogP contribution in [0.4, 0.5) is 5.69 Å². The van der Waals surface area contributed by atoms with Gasteiger partial charge in [-0.05, 0) is 31.0 Å². The Balaban J connectivity index is 2.04. The van der Waals surface area contributed by atoms with Gasteiger partial charge in [0.25, 0.3) is 5.69 Å². The van der Waals surface area contributed by atoms with Gasteiger partial charge in [0, 0.05) is 17.7 Å². The van der Waals surface area contributed by atoms with Crippen LogP contribution in [-0.4, -0.2) is 22.8 Å². The van der Waals surface area contributed by atoms with Crippen LogP contribution in [0.3, 0.4) is 0 Å². The summed E-state index contributed by atoms with van der Waals surface area (Å²) in [6.07, 6.45) is -0.0701. The fourth-order valence-electron chi connectivity index (χ4n) is 2.14. The van der Waals surface area contributed by atoms with Crippen LogP contribution in [0.5, 0.6) is 0 Å². The first kappa shape index (κ1) is 17.3. The molecular weight excluding hydrogens is 310 g/mol. The molecule has 24 heavy (non-hydrogen) atoms. The van der Waals surface area contributed by atoms with Crippen LogP contribution in [0.15, 0.2) is 48.5 Å². The maximum absolute atomic E-state index is 12.3. The molecule has 6 nitrogen and oxygen atoms in total. The Morgan fingerprint density at radius 1 is 1.04 bits per heavy atom.